The first-order chi connectivity index (χ1) is 9.47. The zero-order valence-electron chi connectivity index (χ0n) is 11.3. The fraction of sp³-hybridized carbons (Fsp3) is 0.500. The maximum Gasteiger partial charge on any atom is 0.296 e. The highest BCUT2D eigenvalue weighted by atomic mass is 32.2. The van der Waals surface area contributed by atoms with Gasteiger partial charge in [-0.05, 0) is 25.5 Å². The van der Waals surface area contributed by atoms with Crippen molar-refractivity contribution in [2.45, 2.75) is 24.7 Å². The first-order valence-electron chi connectivity index (χ1n) is 6.38. The highest BCUT2D eigenvalue weighted by molar-refractivity contribution is 7.86. The van der Waals surface area contributed by atoms with Crippen LogP contribution in [0, 0.1) is 23.7 Å². The van der Waals surface area contributed by atoms with Crippen LogP contribution in [0.5, 0.6) is 0 Å². The van der Waals surface area contributed by atoms with Crippen molar-refractivity contribution in [2.75, 3.05) is 19.8 Å². The first-order valence-corrected chi connectivity index (χ1v) is 7.79. The number of hydrogen-bond acceptors (Lipinski definition) is 5. The van der Waals surface area contributed by atoms with Gasteiger partial charge in [0.05, 0.1) is 30.8 Å². The van der Waals surface area contributed by atoms with Gasteiger partial charge in [-0.2, -0.15) is 13.7 Å². The number of hydrogen-bond donors (Lipinski definition) is 0. The molecule has 0 bridgehead atoms. The van der Waals surface area contributed by atoms with Crippen LogP contribution in [-0.4, -0.2) is 28.2 Å². The molecule has 0 saturated carbocycles. The Hall–Kier alpha value is -1.42. The predicted octanol–water partition coefficient (Wildman–Crippen LogP) is 2.02. The number of aryl methyl sites for hydroxylation is 1. The van der Waals surface area contributed by atoms with Crippen LogP contribution in [0.15, 0.2) is 29.2 Å². The molecule has 0 aromatic heterocycles. The summed E-state index contributed by atoms with van der Waals surface area (Å²) >= 11 is 0. The third kappa shape index (κ3) is 3.37. The largest absolute Gasteiger partial charge is 0.380 e. The molecule has 1 heterocycles. The van der Waals surface area contributed by atoms with E-state index in [0.29, 0.717) is 26.1 Å². The minimum atomic E-state index is -3.75. The topological polar surface area (TPSA) is 76.4 Å². The fourth-order valence-corrected chi connectivity index (χ4v) is 3.00. The summed E-state index contributed by atoms with van der Waals surface area (Å²) in [4.78, 5) is 0.152. The van der Waals surface area contributed by atoms with Crippen molar-refractivity contribution in [2.24, 2.45) is 5.41 Å². The maximum absolute atomic E-state index is 12.1. The molecule has 0 unspecified atom stereocenters. The van der Waals surface area contributed by atoms with Crippen molar-refractivity contribution in [3.05, 3.63) is 29.8 Å². The summed E-state index contributed by atoms with van der Waals surface area (Å²) in [5.74, 6) is 0. The normalized spacial score (nSPS) is 17.2. The molecule has 1 fully saturated rings. The van der Waals surface area contributed by atoms with E-state index in [4.69, 9.17) is 14.2 Å². The molecule has 0 spiro atoms. The second-order valence-corrected chi connectivity index (χ2v) is 6.80. The molecule has 2 rings (SSSR count). The first kappa shape index (κ1) is 15.0. The highest BCUT2D eigenvalue weighted by Crippen LogP contribution is 2.34. The Morgan fingerprint density at radius 3 is 2.50 bits per heavy atom. The van der Waals surface area contributed by atoms with Gasteiger partial charge in [0.15, 0.2) is 0 Å². The van der Waals surface area contributed by atoms with Gasteiger partial charge in [0.25, 0.3) is 10.1 Å². The van der Waals surface area contributed by atoms with Gasteiger partial charge in [-0.25, -0.2) is 0 Å². The van der Waals surface area contributed by atoms with Crippen LogP contribution in [-0.2, 0) is 19.0 Å². The number of rotatable bonds is 6. The summed E-state index contributed by atoms with van der Waals surface area (Å²) in [6.07, 6.45) is 0.963. The summed E-state index contributed by atoms with van der Waals surface area (Å²) in [5, 5.41) is 8.63. The molecule has 5 nitrogen and oxygen atoms in total. The second-order valence-electron chi connectivity index (χ2n) is 5.18. The molecule has 0 atom stereocenters. The van der Waals surface area contributed by atoms with E-state index in [9.17, 15) is 8.42 Å². The summed E-state index contributed by atoms with van der Waals surface area (Å²) in [6, 6.07) is 8.59. The average molecular weight is 295 g/mol. The van der Waals surface area contributed by atoms with Gasteiger partial charge in [-0.1, -0.05) is 17.7 Å². The van der Waals surface area contributed by atoms with Gasteiger partial charge in [0.2, 0.25) is 0 Å². The standard InChI is InChI=1S/C14H17NO4S/c1-12-3-5-13(6-4-12)20(16,17)19-11-14(7-2-8-15)9-18-10-14/h3-6H,2,7,9-11H2,1H3. The number of ether oxygens (including phenoxy) is 1. The number of benzene rings is 1. The molecule has 0 amide bonds. The molecule has 1 aliphatic heterocycles. The molecule has 108 valence electrons. The van der Waals surface area contributed by atoms with E-state index in [1.165, 1.54) is 12.1 Å². The Labute approximate surface area is 119 Å². The van der Waals surface area contributed by atoms with Crippen LogP contribution in [0.2, 0.25) is 0 Å². The lowest BCUT2D eigenvalue weighted by Crippen LogP contribution is -2.46. The van der Waals surface area contributed by atoms with Crippen molar-refractivity contribution >= 4 is 10.1 Å². The van der Waals surface area contributed by atoms with Crippen molar-refractivity contribution in [3.63, 3.8) is 0 Å². The quantitative estimate of drug-likeness (QED) is 0.750. The fourth-order valence-electron chi connectivity index (χ4n) is 1.99. The van der Waals surface area contributed by atoms with E-state index in [0.717, 1.165) is 5.56 Å². The molecule has 0 N–H and O–H groups in total. The van der Waals surface area contributed by atoms with Crippen LogP contribution in [0.1, 0.15) is 18.4 Å². The van der Waals surface area contributed by atoms with Crippen LogP contribution in [0.4, 0.5) is 0 Å². The Bertz CT molecular complexity index is 597. The molecular weight excluding hydrogens is 278 g/mol. The summed E-state index contributed by atoms with van der Waals surface area (Å²) < 4.78 is 34.4. The van der Waals surface area contributed by atoms with Crippen LogP contribution >= 0.6 is 0 Å². The van der Waals surface area contributed by atoms with E-state index in [1.807, 2.05) is 6.92 Å². The van der Waals surface area contributed by atoms with E-state index >= 15 is 0 Å². The Balaban J connectivity index is 2.02. The lowest BCUT2D eigenvalue weighted by molar-refractivity contribution is -0.134. The molecule has 1 aromatic carbocycles. The molecule has 0 aliphatic carbocycles. The zero-order valence-corrected chi connectivity index (χ0v) is 12.1. The van der Waals surface area contributed by atoms with Gasteiger partial charge in [0.1, 0.15) is 0 Å². The zero-order chi connectivity index (χ0) is 14.6. The van der Waals surface area contributed by atoms with Crippen LogP contribution in [0.3, 0.4) is 0 Å². The van der Waals surface area contributed by atoms with E-state index in [-0.39, 0.29) is 16.9 Å². The smallest absolute Gasteiger partial charge is 0.296 e. The second kappa shape index (κ2) is 5.92. The summed E-state index contributed by atoms with van der Waals surface area (Å²) in [6.45, 7) is 2.83. The van der Waals surface area contributed by atoms with Crippen molar-refractivity contribution < 1.29 is 17.3 Å². The molecular formula is C14H17NO4S. The van der Waals surface area contributed by atoms with Gasteiger partial charge in [-0.3, -0.25) is 4.18 Å². The van der Waals surface area contributed by atoms with E-state index in [2.05, 4.69) is 6.07 Å². The highest BCUT2D eigenvalue weighted by Gasteiger charge is 2.40. The molecule has 1 aromatic rings. The Morgan fingerprint density at radius 1 is 1.35 bits per heavy atom. The lowest BCUT2D eigenvalue weighted by Gasteiger charge is -2.40. The minimum absolute atomic E-state index is 0.0604. The SMILES string of the molecule is Cc1ccc(S(=O)(=O)OCC2(CCC#N)COC2)cc1. The third-order valence-electron chi connectivity index (χ3n) is 3.41. The average Bonchev–Trinajstić information content (AvgIpc) is 2.38. The molecule has 6 heteroatoms. The summed E-state index contributed by atoms with van der Waals surface area (Å²) in [5.41, 5.74) is 0.648. The van der Waals surface area contributed by atoms with Crippen molar-refractivity contribution in [1.82, 2.24) is 0 Å². The van der Waals surface area contributed by atoms with E-state index in [1.54, 1.807) is 12.1 Å². The van der Waals surface area contributed by atoms with Gasteiger partial charge >= 0.3 is 0 Å². The van der Waals surface area contributed by atoms with Gasteiger partial charge in [-0.15, -0.1) is 0 Å². The minimum Gasteiger partial charge on any atom is -0.380 e. The van der Waals surface area contributed by atoms with Crippen molar-refractivity contribution in [1.29, 1.82) is 5.26 Å². The number of nitrogens with zero attached hydrogens (tertiary/aromatic N) is 1. The monoisotopic (exact) mass is 295 g/mol. The lowest BCUT2D eigenvalue weighted by atomic mass is 9.82. The van der Waals surface area contributed by atoms with Gasteiger partial charge in [0, 0.05) is 11.8 Å². The predicted molar refractivity (Wildman–Crippen MR) is 72.4 cm³/mol. The van der Waals surface area contributed by atoms with E-state index < -0.39 is 10.1 Å². The van der Waals surface area contributed by atoms with Crippen molar-refractivity contribution in [3.8, 4) is 6.07 Å². The molecule has 0 radical (unpaired) electrons. The third-order valence-corrected chi connectivity index (χ3v) is 4.69. The Morgan fingerprint density at radius 2 is 2.00 bits per heavy atom. The molecule has 1 saturated heterocycles. The summed E-state index contributed by atoms with van der Waals surface area (Å²) in [7, 11) is -3.75. The molecule has 1 aliphatic rings. The van der Waals surface area contributed by atoms with Crippen LogP contribution < -0.4 is 0 Å². The maximum atomic E-state index is 12.1. The Kier molecular flexibility index (Phi) is 4.43. The molecule has 20 heavy (non-hydrogen) atoms. The van der Waals surface area contributed by atoms with Crippen LogP contribution in [0.25, 0.3) is 0 Å². The number of nitriles is 1. The van der Waals surface area contributed by atoms with Gasteiger partial charge < -0.3 is 4.74 Å².